The van der Waals surface area contributed by atoms with Gasteiger partial charge >= 0.3 is 0 Å². The Morgan fingerprint density at radius 3 is 2.15 bits per heavy atom. The van der Waals surface area contributed by atoms with Crippen LogP contribution in [-0.2, 0) is 32.6 Å². The highest BCUT2D eigenvalue weighted by Crippen LogP contribution is 2.28. The van der Waals surface area contributed by atoms with Gasteiger partial charge in [-0.2, -0.15) is 0 Å². The molecule has 0 aliphatic carbocycles. The number of hydrogen-bond donors (Lipinski definition) is 1. The number of hydrogen-bond acceptors (Lipinski definition) is 4. The van der Waals surface area contributed by atoms with Crippen LogP contribution in [0.1, 0.15) is 29.2 Å². The second kappa shape index (κ2) is 13.3. The van der Waals surface area contributed by atoms with Gasteiger partial charge in [-0.3, -0.25) is 13.9 Å². The van der Waals surface area contributed by atoms with E-state index in [-0.39, 0.29) is 18.9 Å². The van der Waals surface area contributed by atoms with Gasteiger partial charge in [0.15, 0.2) is 0 Å². The summed E-state index contributed by atoms with van der Waals surface area (Å²) in [5.41, 5.74) is 3.30. The molecule has 0 aliphatic rings. The number of para-hydroxylation sites is 1. The van der Waals surface area contributed by atoms with Gasteiger partial charge in [0.25, 0.3) is 0 Å². The lowest BCUT2D eigenvalue weighted by Gasteiger charge is -2.34. The van der Waals surface area contributed by atoms with Gasteiger partial charge in [0, 0.05) is 29.6 Å². The first-order chi connectivity index (χ1) is 18.4. The molecule has 3 aromatic rings. The standard InChI is InChI=1S/C29H33Cl2N3O4S/c1-5-32-29(36)26(16-22-12-7-6-8-13-22)33(18-23-14-15-24(30)17-25(23)31)27(35)19-34(39(4,37)38)28-20(2)10-9-11-21(28)3/h6-15,17,26H,5,16,18-19H2,1-4H3,(H,32,36). The molecule has 0 radical (unpaired) electrons. The zero-order valence-electron chi connectivity index (χ0n) is 22.4. The molecule has 39 heavy (non-hydrogen) atoms. The fourth-order valence-electron chi connectivity index (χ4n) is 4.45. The van der Waals surface area contributed by atoms with Crippen LogP contribution in [0.5, 0.6) is 0 Å². The maximum absolute atomic E-state index is 14.1. The van der Waals surface area contributed by atoms with E-state index in [0.717, 1.165) is 16.1 Å². The third-order valence-electron chi connectivity index (χ3n) is 6.35. The van der Waals surface area contributed by atoms with E-state index in [4.69, 9.17) is 23.2 Å². The van der Waals surface area contributed by atoms with Gasteiger partial charge in [0.1, 0.15) is 12.6 Å². The van der Waals surface area contributed by atoms with Crippen molar-refractivity contribution in [1.29, 1.82) is 0 Å². The molecular weight excluding hydrogens is 557 g/mol. The lowest BCUT2D eigenvalue weighted by atomic mass is 10.0. The van der Waals surface area contributed by atoms with Gasteiger partial charge in [-0.15, -0.1) is 0 Å². The average Bonchev–Trinajstić information content (AvgIpc) is 2.86. The molecule has 3 rings (SSSR count). The van der Waals surface area contributed by atoms with E-state index in [0.29, 0.717) is 39.0 Å². The maximum Gasteiger partial charge on any atom is 0.244 e. The van der Waals surface area contributed by atoms with Gasteiger partial charge in [-0.05, 0) is 55.2 Å². The fourth-order valence-corrected chi connectivity index (χ4v) is 5.89. The Bertz CT molecular complexity index is 1410. The van der Waals surface area contributed by atoms with Crippen LogP contribution in [0, 0.1) is 13.8 Å². The van der Waals surface area contributed by atoms with Gasteiger partial charge < -0.3 is 10.2 Å². The van der Waals surface area contributed by atoms with Crippen molar-refractivity contribution in [2.24, 2.45) is 0 Å². The molecule has 0 fully saturated rings. The van der Waals surface area contributed by atoms with Crippen LogP contribution >= 0.6 is 23.2 Å². The van der Waals surface area contributed by atoms with Crippen molar-refractivity contribution in [3.63, 3.8) is 0 Å². The molecular formula is C29H33Cl2N3O4S. The highest BCUT2D eigenvalue weighted by Gasteiger charge is 2.33. The van der Waals surface area contributed by atoms with Crippen LogP contribution in [0.2, 0.25) is 10.0 Å². The Hall–Kier alpha value is -3.07. The summed E-state index contributed by atoms with van der Waals surface area (Å²) < 4.78 is 27.1. The SMILES string of the molecule is CCNC(=O)C(Cc1ccccc1)N(Cc1ccc(Cl)cc1Cl)C(=O)CN(c1c(C)cccc1C)S(C)(=O)=O. The second-order valence-electron chi connectivity index (χ2n) is 9.37. The van der Waals surface area contributed by atoms with Gasteiger partial charge in [0.2, 0.25) is 21.8 Å². The van der Waals surface area contributed by atoms with Crippen molar-refractivity contribution in [2.75, 3.05) is 23.7 Å². The van der Waals surface area contributed by atoms with E-state index >= 15 is 0 Å². The second-order valence-corrected chi connectivity index (χ2v) is 12.1. The monoisotopic (exact) mass is 589 g/mol. The first-order valence-electron chi connectivity index (χ1n) is 12.5. The summed E-state index contributed by atoms with van der Waals surface area (Å²) in [6.07, 6.45) is 1.30. The number of aryl methyl sites for hydroxylation is 2. The topological polar surface area (TPSA) is 86.8 Å². The first-order valence-corrected chi connectivity index (χ1v) is 15.1. The molecule has 1 unspecified atom stereocenters. The molecule has 0 bridgehead atoms. The number of nitrogens with one attached hydrogen (secondary N) is 1. The Morgan fingerprint density at radius 2 is 1.59 bits per heavy atom. The number of nitrogens with zero attached hydrogens (tertiary/aromatic N) is 2. The van der Waals surface area contributed by atoms with Crippen molar-refractivity contribution in [3.8, 4) is 0 Å². The molecule has 7 nitrogen and oxygen atoms in total. The van der Waals surface area contributed by atoms with Gasteiger partial charge in [-0.1, -0.05) is 77.8 Å². The normalized spacial score (nSPS) is 12.1. The number of anilines is 1. The molecule has 0 aromatic heterocycles. The van der Waals surface area contributed by atoms with E-state index in [1.807, 2.05) is 36.4 Å². The molecule has 3 aromatic carbocycles. The molecule has 0 aliphatic heterocycles. The van der Waals surface area contributed by atoms with Crippen molar-refractivity contribution in [2.45, 2.75) is 39.8 Å². The Labute approximate surface area is 240 Å². The van der Waals surface area contributed by atoms with E-state index in [2.05, 4.69) is 5.32 Å². The predicted octanol–water partition coefficient (Wildman–Crippen LogP) is 5.15. The molecule has 2 amide bonds. The molecule has 0 spiro atoms. The summed E-state index contributed by atoms with van der Waals surface area (Å²) in [7, 11) is -3.85. The number of sulfonamides is 1. The van der Waals surface area contributed by atoms with E-state index in [9.17, 15) is 18.0 Å². The number of likely N-dealkylation sites (N-methyl/N-ethyl adjacent to an activating group) is 1. The summed E-state index contributed by atoms with van der Waals surface area (Å²) >= 11 is 12.6. The molecule has 1 N–H and O–H groups in total. The van der Waals surface area contributed by atoms with Crippen LogP contribution in [0.3, 0.4) is 0 Å². The smallest absolute Gasteiger partial charge is 0.244 e. The summed E-state index contributed by atoms with van der Waals surface area (Å²) in [6.45, 7) is 5.25. The lowest BCUT2D eigenvalue weighted by molar-refractivity contribution is -0.140. The summed E-state index contributed by atoms with van der Waals surface area (Å²) in [5.74, 6) is -0.890. The number of benzene rings is 3. The van der Waals surface area contributed by atoms with Crippen LogP contribution in [-0.4, -0.2) is 50.5 Å². The number of rotatable bonds is 11. The summed E-state index contributed by atoms with van der Waals surface area (Å²) in [4.78, 5) is 28.9. The van der Waals surface area contributed by atoms with Crippen LogP contribution in [0.4, 0.5) is 5.69 Å². The maximum atomic E-state index is 14.1. The largest absolute Gasteiger partial charge is 0.355 e. The predicted molar refractivity (Wildman–Crippen MR) is 158 cm³/mol. The van der Waals surface area contributed by atoms with E-state index < -0.39 is 28.5 Å². The van der Waals surface area contributed by atoms with Crippen molar-refractivity contribution in [1.82, 2.24) is 10.2 Å². The zero-order valence-corrected chi connectivity index (χ0v) is 24.8. The zero-order chi connectivity index (χ0) is 28.7. The fraction of sp³-hybridized carbons (Fsp3) is 0.310. The van der Waals surface area contributed by atoms with Crippen molar-refractivity contribution < 1.29 is 18.0 Å². The quantitative estimate of drug-likeness (QED) is 0.335. The minimum absolute atomic E-state index is 0.0200. The molecule has 10 heteroatoms. The number of carbonyl (C=O) groups excluding carboxylic acids is 2. The number of halogens is 2. The van der Waals surface area contributed by atoms with Crippen LogP contribution in [0.15, 0.2) is 66.7 Å². The molecule has 0 saturated heterocycles. The average molecular weight is 591 g/mol. The van der Waals surface area contributed by atoms with Crippen molar-refractivity contribution >= 4 is 50.7 Å². The Balaban J connectivity index is 2.10. The third-order valence-corrected chi connectivity index (χ3v) is 8.05. The third kappa shape index (κ3) is 7.97. The lowest BCUT2D eigenvalue weighted by Crippen LogP contribution is -2.53. The minimum Gasteiger partial charge on any atom is -0.355 e. The molecule has 0 heterocycles. The molecule has 208 valence electrons. The highest BCUT2D eigenvalue weighted by atomic mass is 35.5. The highest BCUT2D eigenvalue weighted by molar-refractivity contribution is 7.92. The summed E-state index contributed by atoms with van der Waals surface area (Å²) in [6, 6.07) is 18.8. The van der Waals surface area contributed by atoms with E-state index in [1.54, 1.807) is 51.1 Å². The number of carbonyl (C=O) groups is 2. The molecule has 0 saturated carbocycles. The number of amides is 2. The Kier molecular flexibility index (Phi) is 10.4. The molecule has 1 atom stereocenters. The van der Waals surface area contributed by atoms with Gasteiger partial charge in [0.05, 0.1) is 11.9 Å². The van der Waals surface area contributed by atoms with Crippen LogP contribution < -0.4 is 9.62 Å². The van der Waals surface area contributed by atoms with Crippen molar-refractivity contribution in [3.05, 3.63) is 99.0 Å². The minimum atomic E-state index is -3.85. The van der Waals surface area contributed by atoms with E-state index in [1.165, 1.54) is 4.90 Å². The Morgan fingerprint density at radius 1 is 0.949 bits per heavy atom. The van der Waals surface area contributed by atoms with Gasteiger partial charge in [-0.25, -0.2) is 8.42 Å². The first kappa shape index (κ1) is 30.5. The van der Waals surface area contributed by atoms with Crippen LogP contribution in [0.25, 0.3) is 0 Å². The summed E-state index contributed by atoms with van der Waals surface area (Å²) in [5, 5.41) is 3.60.